The molecule has 0 saturated carbocycles. The molecule has 2 amide bonds. The average Bonchev–Trinajstić information content (AvgIpc) is 3.36. The van der Waals surface area contributed by atoms with Crippen molar-refractivity contribution in [2.24, 2.45) is 5.73 Å². The number of carbonyl (C=O) groups excluding carboxylic acids is 3. The number of halogens is 1. The van der Waals surface area contributed by atoms with E-state index in [1.807, 2.05) is 23.1 Å². The summed E-state index contributed by atoms with van der Waals surface area (Å²) >= 11 is 0. The fraction of sp³-hybridized carbons (Fsp3) is 0.405. The van der Waals surface area contributed by atoms with E-state index in [4.69, 9.17) is 15.7 Å². The normalized spacial score (nSPS) is 15.7. The SMILES string of the molecule is CC(C)(C)OC(=O)CC[C@@H](C(N)=O)N1Cc2c(CCc3ccc(CN4CCN(c5ccc(C#N)cc5F)CC4)cc3)cccc2C1=O. The van der Waals surface area contributed by atoms with E-state index in [9.17, 15) is 18.8 Å². The molecule has 0 aromatic heterocycles. The number of carbonyl (C=O) groups is 3. The molecule has 0 radical (unpaired) electrons. The van der Waals surface area contributed by atoms with Crippen LogP contribution in [-0.2, 0) is 40.3 Å². The van der Waals surface area contributed by atoms with Crippen LogP contribution in [0.5, 0.6) is 0 Å². The van der Waals surface area contributed by atoms with Crippen LogP contribution in [0.15, 0.2) is 60.7 Å². The molecule has 2 aliphatic rings. The van der Waals surface area contributed by atoms with Crippen molar-refractivity contribution in [2.75, 3.05) is 31.1 Å². The number of benzene rings is 3. The van der Waals surface area contributed by atoms with Gasteiger partial charge in [-0.3, -0.25) is 19.3 Å². The number of rotatable bonds is 11. The molecule has 2 aliphatic heterocycles. The molecule has 3 aromatic rings. The summed E-state index contributed by atoms with van der Waals surface area (Å²) in [6, 6.07) is 19.9. The second-order valence-electron chi connectivity index (χ2n) is 13.3. The second kappa shape index (κ2) is 14.3. The number of hydrogen-bond donors (Lipinski definition) is 1. The minimum Gasteiger partial charge on any atom is -0.460 e. The van der Waals surface area contributed by atoms with Crippen LogP contribution in [0.25, 0.3) is 0 Å². The van der Waals surface area contributed by atoms with Gasteiger partial charge in [-0.15, -0.1) is 0 Å². The molecule has 47 heavy (non-hydrogen) atoms. The Morgan fingerprint density at radius 3 is 2.34 bits per heavy atom. The first-order valence-corrected chi connectivity index (χ1v) is 16.1. The zero-order valence-corrected chi connectivity index (χ0v) is 27.3. The molecule has 5 rings (SSSR count). The molecule has 2 N–H and O–H groups in total. The van der Waals surface area contributed by atoms with Gasteiger partial charge in [0, 0.05) is 51.3 Å². The van der Waals surface area contributed by atoms with E-state index < -0.39 is 23.5 Å². The second-order valence-corrected chi connectivity index (χ2v) is 13.3. The maximum absolute atomic E-state index is 14.5. The minimum absolute atomic E-state index is 0.0113. The number of anilines is 1. The molecule has 0 spiro atoms. The molecule has 1 saturated heterocycles. The van der Waals surface area contributed by atoms with Crippen LogP contribution in [0.3, 0.4) is 0 Å². The van der Waals surface area contributed by atoms with E-state index in [2.05, 4.69) is 29.2 Å². The van der Waals surface area contributed by atoms with Gasteiger partial charge in [0.05, 0.1) is 17.3 Å². The first-order valence-electron chi connectivity index (χ1n) is 16.1. The molecule has 0 bridgehead atoms. The van der Waals surface area contributed by atoms with Gasteiger partial charge in [0.1, 0.15) is 17.5 Å². The third-order valence-corrected chi connectivity index (χ3v) is 8.74. The summed E-state index contributed by atoms with van der Waals surface area (Å²) in [7, 11) is 0. The Labute approximate surface area is 275 Å². The number of nitrogens with zero attached hydrogens (tertiary/aromatic N) is 4. The quantitative estimate of drug-likeness (QED) is 0.301. The third-order valence-electron chi connectivity index (χ3n) is 8.74. The van der Waals surface area contributed by atoms with Crippen LogP contribution in [0.1, 0.15) is 71.8 Å². The fourth-order valence-corrected chi connectivity index (χ4v) is 6.33. The number of aryl methyl sites for hydroxylation is 2. The lowest BCUT2D eigenvalue weighted by molar-refractivity contribution is -0.155. The van der Waals surface area contributed by atoms with Crippen molar-refractivity contribution in [2.45, 2.75) is 71.2 Å². The summed E-state index contributed by atoms with van der Waals surface area (Å²) in [6.07, 6.45) is 1.62. The number of fused-ring (bicyclic) bond motifs is 1. The molecule has 0 unspecified atom stereocenters. The summed E-state index contributed by atoms with van der Waals surface area (Å²) in [5.74, 6) is -1.68. The Balaban J connectivity index is 1.14. The van der Waals surface area contributed by atoms with Crippen LogP contribution in [0.2, 0.25) is 0 Å². The predicted molar refractivity (Wildman–Crippen MR) is 177 cm³/mol. The lowest BCUT2D eigenvalue weighted by Crippen LogP contribution is -2.46. The first-order chi connectivity index (χ1) is 22.4. The lowest BCUT2D eigenvalue weighted by Gasteiger charge is -2.36. The molecule has 1 atom stereocenters. The van der Waals surface area contributed by atoms with Crippen LogP contribution < -0.4 is 10.6 Å². The van der Waals surface area contributed by atoms with Crippen molar-refractivity contribution in [3.05, 3.63) is 99.9 Å². The smallest absolute Gasteiger partial charge is 0.306 e. The molecular formula is C37H42FN5O4. The van der Waals surface area contributed by atoms with Crippen molar-refractivity contribution in [3.63, 3.8) is 0 Å². The maximum Gasteiger partial charge on any atom is 0.306 e. The Hall–Kier alpha value is -4.75. The van der Waals surface area contributed by atoms with E-state index in [0.29, 0.717) is 29.9 Å². The number of primary amides is 1. The van der Waals surface area contributed by atoms with Gasteiger partial charge < -0.3 is 20.3 Å². The van der Waals surface area contributed by atoms with Gasteiger partial charge >= 0.3 is 5.97 Å². The largest absolute Gasteiger partial charge is 0.460 e. The highest BCUT2D eigenvalue weighted by Gasteiger charge is 2.37. The van der Waals surface area contributed by atoms with Crippen molar-refractivity contribution < 1.29 is 23.5 Å². The summed E-state index contributed by atoms with van der Waals surface area (Å²) in [6.45, 7) is 9.48. The zero-order chi connectivity index (χ0) is 33.7. The van der Waals surface area contributed by atoms with Crippen LogP contribution in [0, 0.1) is 17.1 Å². The van der Waals surface area contributed by atoms with Gasteiger partial charge in [0.25, 0.3) is 5.91 Å². The van der Waals surface area contributed by atoms with E-state index in [1.165, 1.54) is 22.1 Å². The van der Waals surface area contributed by atoms with E-state index in [-0.39, 0.29) is 31.1 Å². The maximum atomic E-state index is 14.5. The Kier molecular flexibility index (Phi) is 10.3. The number of hydrogen-bond acceptors (Lipinski definition) is 7. The molecular weight excluding hydrogens is 597 g/mol. The highest BCUT2D eigenvalue weighted by Crippen LogP contribution is 2.30. The molecule has 10 heteroatoms. The number of esters is 1. The van der Waals surface area contributed by atoms with Crippen molar-refractivity contribution >= 4 is 23.5 Å². The van der Waals surface area contributed by atoms with Crippen molar-refractivity contribution in [1.82, 2.24) is 9.80 Å². The Morgan fingerprint density at radius 2 is 1.70 bits per heavy atom. The summed E-state index contributed by atoms with van der Waals surface area (Å²) in [4.78, 5) is 43.9. The highest BCUT2D eigenvalue weighted by atomic mass is 19.1. The van der Waals surface area contributed by atoms with Crippen LogP contribution in [-0.4, -0.2) is 65.4 Å². The number of nitrogens with two attached hydrogens (primary N) is 1. The summed E-state index contributed by atoms with van der Waals surface area (Å²) < 4.78 is 19.8. The predicted octanol–water partition coefficient (Wildman–Crippen LogP) is 4.74. The van der Waals surface area contributed by atoms with Gasteiger partial charge in [0.2, 0.25) is 5.91 Å². The van der Waals surface area contributed by atoms with Crippen LogP contribution in [0.4, 0.5) is 10.1 Å². The van der Waals surface area contributed by atoms with Gasteiger partial charge in [-0.25, -0.2) is 4.39 Å². The number of ether oxygens (including phenoxy) is 1. The van der Waals surface area contributed by atoms with E-state index in [0.717, 1.165) is 43.6 Å². The lowest BCUT2D eigenvalue weighted by atomic mass is 9.97. The Morgan fingerprint density at radius 1 is 1.00 bits per heavy atom. The van der Waals surface area contributed by atoms with Gasteiger partial charge in [-0.2, -0.15) is 5.26 Å². The third kappa shape index (κ3) is 8.35. The standard InChI is InChI=1S/C37H42FN5O4/c1-37(2,3)47-34(44)16-15-33(35(40)45)43-24-30-28(5-4-6-29(30)36(43)46)13-11-25-7-9-26(10-8-25)23-41-17-19-42(20-18-41)32-14-12-27(22-39)21-31(32)38/h4-10,12,14,21,33H,11,13,15-20,23-24H2,1-3H3,(H2,40,45)/t33-/m0/s1. The van der Waals surface area contributed by atoms with Crippen molar-refractivity contribution in [3.8, 4) is 6.07 Å². The average molecular weight is 640 g/mol. The van der Waals surface area contributed by atoms with Crippen LogP contribution >= 0.6 is 0 Å². The van der Waals surface area contributed by atoms with Gasteiger partial charge in [-0.05, 0) is 86.6 Å². The summed E-state index contributed by atoms with van der Waals surface area (Å²) in [5.41, 5.74) is 10.8. The molecule has 3 aromatic carbocycles. The summed E-state index contributed by atoms with van der Waals surface area (Å²) in [5, 5.41) is 9.00. The molecule has 1 fully saturated rings. The number of piperazine rings is 1. The molecule has 2 heterocycles. The van der Waals surface area contributed by atoms with E-state index >= 15 is 0 Å². The molecule has 0 aliphatic carbocycles. The zero-order valence-electron chi connectivity index (χ0n) is 27.3. The molecule has 246 valence electrons. The van der Waals surface area contributed by atoms with Crippen molar-refractivity contribution in [1.29, 1.82) is 5.26 Å². The highest BCUT2D eigenvalue weighted by molar-refractivity contribution is 6.01. The number of amides is 2. The molecule has 9 nitrogen and oxygen atoms in total. The minimum atomic E-state index is -0.900. The monoisotopic (exact) mass is 639 g/mol. The Bertz CT molecular complexity index is 1670. The number of nitriles is 1. The topological polar surface area (TPSA) is 120 Å². The van der Waals surface area contributed by atoms with Gasteiger partial charge in [0.15, 0.2) is 0 Å². The van der Waals surface area contributed by atoms with E-state index in [1.54, 1.807) is 39.0 Å². The first kappa shape index (κ1) is 33.6. The fourth-order valence-electron chi connectivity index (χ4n) is 6.33. The van der Waals surface area contributed by atoms with Gasteiger partial charge in [-0.1, -0.05) is 36.4 Å².